The second kappa shape index (κ2) is 9.01. The maximum atomic E-state index is 12.1. The molecular formula is C12H17Cl2N2O10P. The van der Waals surface area contributed by atoms with E-state index in [1.165, 1.54) is 0 Å². The van der Waals surface area contributed by atoms with Crippen LogP contribution in [0.5, 0.6) is 0 Å². The van der Waals surface area contributed by atoms with E-state index in [1.54, 1.807) is 0 Å². The SMILES string of the molecule is COC(=O)COC1CN([C@@H]2O[C@H](COP(=O)(Cl)Cl)C(O)[C@@H]2O)C(=O)NC1=O. The maximum Gasteiger partial charge on any atom is 0.380 e. The van der Waals surface area contributed by atoms with E-state index >= 15 is 0 Å². The van der Waals surface area contributed by atoms with E-state index in [9.17, 15) is 29.2 Å². The van der Waals surface area contributed by atoms with Gasteiger partial charge in [-0.3, -0.25) is 19.6 Å². The summed E-state index contributed by atoms with van der Waals surface area (Å²) in [5.74, 6) is -1.53. The van der Waals surface area contributed by atoms with Crippen molar-refractivity contribution >= 4 is 46.5 Å². The van der Waals surface area contributed by atoms with Gasteiger partial charge >= 0.3 is 18.1 Å². The zero-order chi connectivity index (χ0) is 20.4. The Morgan fingerprint density at radius 3 is 2.63 bits per heavy atom. The summed E-state index contributed by atoms with van der Waals surface area (Å²) < 4.78 is 30.7. The molecule has 0 spiro atoms. The number of imide groups is 1. The first-order chi connectivity index (χ1) is 12.5. The first-order valence-corrected chi connectivity index (χ1v) is 10.9. The van der Waals surface area contributed by atoms with Gasteiger partial charge in [-0.05, 0) is 22.5 Å². The molecule has 0 aromatic carbocycles. The number of carbonyl (C=O) groups excluding carboxylic acids is 3. The van der Waals surface area contributed by atoms with Crippen LogP contribution in [0.4, 0.5) is 4.79 Å². The number of rotatable bonds is 7. The zero-order valence-electron chi connectivity index (χ0n) is 13.8. The summed E-state index contributed by atoms with van der Waals surface area (Å²) in [5.41, 5.74) is 0. The molecule has 27 heavy (non-hydrogen) atoms. The molecule has 2 saturated heterocycles. The highest BCUT2D eigenvalue weighted by atomic mass is 35.9. The predicted octanol–water partition coefficient (Wildman–Crippen LogP) is -0.855. The molecular weight excluding hydrogens is 434 g/mol. The van der Waals surface area contributed by atoms with Crippen LogP contribution in [-0.4, -0.2) is 90.5 Å². The van der Waals surface area contributed by atoms with Crippen molar-refractivity contribution in [1.29, 1.82) is 0 Å². The third kappa shape index (κ3) is 5.75. The third-order valence-electron chi connectivity index (χ3n) is 3.81. The van der Waals surface area contributed by atoms with Crippen molar-refractivity contribution in [2.45, 2.75) is 30.6 Å². The monoisotopic (exact) mass is 450 g/mol. The van der Waals surface area contributed by atoms with Crippen molar-refractivity contribution in [2.24, 2.45) is 0 Å². The lowest BCUT2D eigenvalue weighted by Gasteiger charge is -2.36. The summed E-state index contributed by atoms with van der Waals surface area (Å²) in [4.78, 5) is 35.9. The van der Waals surface area contributed by atoms with Crippen molar-refractivity contribution in [3.05, 3.63) is 0 Å². The Morgan fingerprint density at radius 2 is 2.04 bits per heavy atom. The van der Waals surface area contributed by atoms with Crippen LogP contribution in [0, 0.1) is 0 Å². The second-order valence-electron chi connectivity index (χ2n) is 5.58. The topological polar surface area (TPSA) is 161 Å². The molecule has 0 radical (unpaired) electrons. The molecule has 0 aromatic heterocycles. The molecule has 154 valence electrons. The van der Waals surface area contributed by atoms with Gasteiger partial charge in [-0.15, -0.1) is 0 Å². The van der Waals surface area contributed by atoms with Gasteiger partial charge in [0.2, 0.25) is 0 Å². The second-order valence-corrected chi connectivity index (χ2v) is 9.86. The van der Waals surface area contributed by atoms with E-state index < -0.39 is 67.8 Å². The normalized spacial score (nSPS) is 31.7. The van der Waals surface area contributed by atoms with Gasteiger partial charge in [-0.1, -0.05) is 0 Å². The molecule has 0 bridgehead atoms. The zero-order valence-corrected chi connectivity index (χ0v) is 16.2. The quantitative estimate of drug-likeness (QED) is 0.328. The minimum absolute atomic E-state index is 0.368. The fraction of sp³-hybridized carbons (Fsp3) is 0.750. The van der Waals surface area contributed by atoms with Gasteiger partial charge in [0.1, 0.15) is 24.9 Å². The highest BCUT2D eigenvalue weighted by Gasteiger charge is 2.50. The lowest BCUT2D eigenvalue weighted by Crippen LogP contribution is -2.62. The number of hydrogen-bond donors (Lipinski definition) is 3. The Kier molecular flexibility index (Phi) is 7.45. The van der Waals surface area contributed by atoms with Gasteiger partial charge in [0.05, 0.1) is 20.3 Å². The smallest absolute Gasteiger partial charge is 0.380 e. The molecule has 12 nitrogen and oxygen atoms in total. The van der Waals surface area contributed by atoms with Gasteiger partial charge in [0.15, 0.2) is 12.3 Å². The molecule has 2 heterocycles. The molecule has 2 aliphatic heterocycles. The maximum absolute atomic E-state index is 12.1. The van der Waals surface area contributed by atoms with Crippen LogP contribution in [0.25, 0.3) is 0 Å². The molecule has 15 heteroatoms. The van der Waals surface area contributed by atoms with Crippen LogP contribution in [0.1, 0.15) is 0 Å². The number of aliphatic hydroxyl groups is 2. The van der Waals surface area contributed by atoms with Gasteiger partial charge in [0.25, 0.3) is 5.91 Å². The highest BCUT2D eigenvalue weighted by molar-refractivity contribution is 8.05. The molecule has 2 unspecified atom stereocenters. The van der Waals surface area contributed by atoms with Gasteiger partial charge in [0, 0.05) is 0 Å². The van der Waals surface area contributed by atoms with Crippen LogP contribution in [0.2, 0.25) is 0 Å². The number of ether oxygens (including phenoxy) is 3. The van der Waals surface area contributed by atoms with Crippen LogP contribution >= 0.6 is 28.6 Å². The van der Waals surface area contributed by atoms with E-state index in [2.05, 4.69) is 9.26 Å². The lowest BCUT2D eigenvalue weighted by atomic mass is 10.1. The number of nitrogens with one attached hydrogen (secondary N) is 1. The number of methoxy groups -OCH3 is 1. The van der Waals surface area contributed by atoms with Gasteiger partial charge < -0.3 is 28.9 Å². The summed E-state index contributed by atoms with van der Waals surface area (Å²) in [7, 11) is 1.13. The molecule has 2 fully saturated rings. The Morgan fingerprint density at radius 1 is 1.37 bits per heavy atom. The Hall–Kier alpha value is -0.980. The van der Waals surface area contributed by atoms with Crippen molar-refractivity contribution in [3.8, 4) is 0 Å². The average molecular weight is 451 g/mol. The summed E-state index contributed by atoms with van der Waals surface area (Å²) in [6.45, 7) is -1.42. The van der Waals surface area contributed by atoms with Crippen LogP contribution in [0.3, 0.4) is 0 Å². The third-order valence-corrected chi connectivity index (χ3v) is 4.84. The Balaban J connectivity index is 2.04. The highest BCUT2D eigenvalue weighted by Crippen LogP contribution is 2.57. The fourth-order valence-electron chi connectivity index (χ4n) is 2.46. The summed E-state index contributed by atoms with van der Waals surface area (Å²) in [6, 6.07) is -0.906. The standard InChI is InChI=1S/C12H17Cl2N2O10P/c1-23-7(17)4-24-5-2-16(12(21)15-10(5)20)11-9(19)8(18)6(26-11)3-25-27(13,14)22/h5-6,8-9,11,18-19H,2-4H2,1H3,(H,15,20,21)/t5?,6-,8?,9+,11-/m1/s1. The first kappa shape index (κ1) is 22.3. The number of hydrogen-bond acceptors (Lipinski definition) is 10. The summed E-state index contributed by atoms with van der Waals surface area (Å²) in [6.07, 6.45) is -10.8. The molecule has 3 amide bonds. The number of amides is 3. The number of esters is 1. The molecule has 0 saturated carbocycles. The fourth-order valence-corrected chi connectivity index (χ4v) is 3.12. The Labute approximate surface area is 162 Å². The molecule has 3 N–H and O–H groups in total. The first-order valence-electron chi connectivity index (χ1n) is 7.49. The lowest BCUT2D eigenvalue weighted by molar-refractivity contribution is -0.155. The number of nitrogens with zero attached hydrogens (tertiary/aromatic N) is 1. The van der Waals surface area contributed by atoms with Crippen LogP contribution < -0.4 is 5.32 Å². The van der Waals surface area contributed by atoms with Gasteiger partial charge in [-0.25, -0.2) is 9.59 Å². The predicted molar refractivity (Wildman–Crippen MR) is 87.9 cm³/mol. The largest absolute Gasteiger partial charge is 0.467 e. The van der Waals surface area contributed by atoms with Crippen molar-refractivity contribution in [1.82, 2.24) is 10.2 Å². The van der Waals surface area contributed by atoms with Crippen molar-refractivity contribution in [3.63, 3.8) is 0 Å². The van der Waals surface area contributed by atoms with Crippen LogP contribution in [0.15, 0.2) is 0 Å². The van der Waals surface area contributed by atoms with E-state index in [0.717, 1.165) is 12.0 Å². The van der Waals surface area contributed by atoms with Crippen molar-refractivity contribution in [2.75, 3.05) is 26.9 Å². The molecule has 0 aliphatic carbocycles. The number of urea groups is 1. The summed E-state index contributed by atoms with van der Waals surface area (Å²) in [5, 5.41) is 22.2. The average Bonchev–Trinajstić information content (AvgIpc) is 2.86. The number of carbonyl (C=O) groups is 3. The molecule has 5 atom stereocenters. The number of aliphatic hydroxyl groups excluding tert-OH is 2. The van der Waals surface area contributed by atoms with Crippen molar-refractivity contribution < 1.29 is 47.9 Å². The molecule has 2 rings (SSSR count). The van der Waals surface area contributed by atoms with E-state index in [0.29, 0.717) is 0 Å². The van der Waals surface area contributed by atoms with Gasteiger partial charge in [-0.2, -0.15) is 0 Å². The van der Waals surface area contributed by atoms with E-state index in [1.807, 2.05) is 5.32 Å². The minimum atomic E-state index is -3.90. The molecule has 0 aromatic rings. The van der Waals surface area contributed by atoms with E-state index in [4.69, 9.17) is 32.0 Å². The summed E-state index contributed by atoms with van der Waals surface area (Å²) >= 11 is 10.5. The Bertz CT molecular complexity index is 646. The molecule has 2 aliphatic rings. The van der Waals surface area contributed by atoms with Crippen LogP contribution in [-0.2, 0) is 32.9 Å². The minimum Gasteiger partial charge on any atom is -0.467 e. The van der Waals surface area contributed by atoms with E-state index in [-0.39, 0.29) is 6.54 Å². The number of halogens is 2.